The van der Waals surface area contributed by atoms with Crippen LogP contribution < -0.4 is 49.2 Å². The average Bonchev–Trinajstić information content (AvgIpc) is 2.43. The van der Waals surface area contributed by atoms with Crippen molar-refractivity contribution in [2.45, 2.75) is 77.5 Å². The Morgan fingerprint density at radius 1 is 0.645 bits per heavy atom. The first-order valence-electron chi connectivity index (χ1n) is 9.43. The van der Waals surface area contributed by atoms with Crippen molar-refractivity contribution in [2.75, 3.05) is 26.2 Å². The summed E-state index contributed by atoms with van der Waals surface area (Å²) in [7, 11) is -9.39. The monoisotopic (exact) mass is 542 g/mol. The summed E-state index contributed by atoms with van der Waals surface area (Å²) in [4.78, 5) is 0. The molecule has 0 aromatic rings. The van der Waals surface area contributed by atoms with Gasteiger partial charge in [-0.25, -0.2) is 0 Å². The molecule has 0 amide bonds. The molecule has 1 fully saturated rings. The van der Waals surface area contributed by atoms with E-state index in [0.29, 0.717) is 12.1 Å². The summed E-state index contributed by atoms with van der Waals surface area (Å²) in [6.07, 6.45) is 2.29. The summed E-state index contributed by atoms with van der Waals surface area (Å²) >= 11 is 0. The number of hydrogen-bond donors (Lipinski definition) is 6. The van der Waals surface area contributed by atoms with Crippen molar-refractivity contribution >= 4 is 0 Å². The minimum Gasteiger partial charge on any atom is -0.313 e. The number of halogens is 2. The predicted octanol–water partition coefficient (Wildman–Crippen LogP) is -6.78. The van der Waals surface area contributed by atoms with E-state index in [9.17, 15) is 0 Å². The molecule has 2 unspecified atom stereocenters. The number of rotatable bonds is 0. The van der Waals surface area contributed by atoms with Gasteiger partial charge in [-0.2, -0.15) is 28.0 Å². The second-order valence-corrected chi connectivity index (χ2v) is 10.1. The van der Waals surface area contributed by atoms with Crippen molar-refractivity contribution < 1.29 is 74.2 Å². The van der Waals surface area contributed by atoms with Gasteiger partial charge in [-0.1, -0.05) is 0 Å². The molecule has 1 saturated heterocycles. The number of hydrogen-bond acceptors (Lipinski definition) is 12. The molecule has 0 bridgehead atoms. The fourth-order valence-corrected chi connectivity index (χ4v) is 3.26. The molecule has 194 valence electrons. The molecule has 0 spiro atoms. The second-order valence-electron chi connectivity index (χ2n) is 8.53. The van der Waals surface area contributed by atoms with Gasteiger partial charge < -0.3 is 21.3 Å². The van der Waals surface area contributed by atoms with E-state index in [0.717, 1.165) is 39.0 Å². The van der Waals surface area contributed by atoms with E-state index in [1.54, 1.807) is 0 Å². The molecule has 1 rings (SSSR count). The Morgan fingerprint density at radius 3 is 1.10 bits per heavy atom. The Labute approximate surface area is 199 Å². The van der Waals surface area contributed by atoms with Crippen molar-refractivity contribution in [3.05, 3.63) is 0 Å². The summed E-state index contributed by atoms with van der Waals surface area (Å²) in [5, 5.41) is 14.6. The van der Waals surface area contributed by atoms with Crippen molar-refractivity contribution in [3.8, 4) is 0 Å². The van der Waals surface area contributed by atoms with Crippen molar-refractivity contribution in [1.82, 2.24) is 21.3 Å². The van der Waals surface area contributed by atoms with Crippen LogP contribution in [0.15, 0.2) is 0 Å². The summed E-state index contributed by atoms with van der Waals surface area (Å²) in [6.45, 7) is 17.8. The summed E-state index contributed by atoms with van der Waals surface area (Å²) in [6, 6.07) is 1.09. The maximum absolute atomic E-state index is 8.60. The third-order valence-electron chi connectivity index (χ3n) is 4.08. The second kappa shape index (κ2) is 16.3. The van der Waals surface area contributed by atoms with Gasteiger partial charge in [-0.05, 0) is 54.4 Å². The summed E-state index contributed by atoms with van der Waals surface area (Å²) in [5.41, 5.74) is 0.367. The normalized spacial score (nSPS) is 25.4. The minimum absolute atomic E-state index is 0. The Balaban J connectivity index is -0.000000595. The molecule has 6 N–H and O–H groups in total. The van der Waals surface area contributed by atoms with Crippen LogP contribution in [-0.4, -0.2) is 58.7 Å². The maximum Gasteiger partial charge on any atom is 0.0777 e. The standard InChI is InChI=1S/C16H36N4.2ClHO4.Ni/c1-13-11-15(3,4)19-9-10-20-16(5,6)12-14(2)18-8-7-17-13;2*2-1(3,4)5;/h13-14,17-20H,7-12H2,1-6H3;2*(H,2,3,4,5);. The molecule has 31 heavy (non-hydrogen) atoms. The predicted molar refractivity (Wildman–Crippen MR) is 92.8 cm³/mol. The van der Waals surface area contributed by atoms with Gasteiger partial charge in [0, 0.05) is 65.8 Å². The molecular weight excluding hydrogens is 506 g/mol. The number of nitrogens with one attached hydrogen (secondary N) is 4. The van der Waals surface area contributed by atoms with Gasteiger partial charge in [-0.15, -0.1) is 0 Å². The molecule has 2 atom stereocenters. The van der Waals surface area contributed by atoms with Crippen LogP contribution in [-0.2, 0) is 16.5 Å². The fourth-order valence-electron chi connectivity index (χ4n) is 3.26. The molecular formula is C16H38Cl2N4NiO8. The Bertz CT molecular complexity index is 402. The molecule has 0 saturated carbocycles. The van der Waals surface area contributed by atoms with Gasteiger partial charge >= 0.3 is 0 Å². The first-order chi connectivity index (χ1) is 13.2. The van der Waals surface area contributed by atoms with Crippen LogP contribution in [0.5, 0.6) is 0 Å². The Kier molecular flexibility index (Phi) is 19.0. The molecule has 1 aliphatic rings. The zero-order chi connectivity index (χ0) is 24.2. The molecule has 15 heteroatoms. The van der Waals surface area contributed by atoms with Crippen LogP contribution in [0.3, 0.4) is 0 Å². The van der Waals surface area contributed by atoms with Crippen molar-refractivity contribution in [2.24, 2.45) is 0 Å². The minimum atomic E-state index is -4.69. The van der Waals surface area contributed by atoms with Gasteiger partial charge in [0.1, 0.15) is 0 Å². The van der Waals surface area contributed by atoms with Gasteiger partial charge in [0.15, 0.2) is 0 Å². The van der Waals surface area contributed by atoms with E-state index in [-0.39, 0.29) is 27.6 Å². The van der Waals surface area contributed by atoms with E-state index >= 15 is 0 Å². The topological polar surface area (TPSA) is 227 Å². The van der Waals surface area contributed by atoms with Crippen LogP contribution in [0.4, 0.5) is 0 Å². The molecule has 0 aromatic carbocycles. The molecule has 0 aromatic heterocycles. The van der Waals surface area contributed by atoms with E-state index in [1.807, 2.05) is 0 Å². The molecule has 0 radical (unpaired) electrons. The van der Waals surface area contributed by atoms with Gasteiger partial charge in [-0.3, -0.25) is 0 Å². The zero-order valence-electron chi connectivity index (χ0n) is 18.8. The van der Waals surface area contributed by atoms with Crippen molar-refractivity contribution in [3.63, 3.8) is 0 Å². The summed E-state index contributed by atoms with van der Waals surface area (Å²) in [5.74, 6) is 0. The van der Waals surface area contributed by atoms with Crippen LogP contribution in [0.2, 0.25) is 0 Å². The third kappa shape index (κ3) is 35.4. The average molecular weight is 544 g/mol. The smallest absolute Gasteiger partial charge is 0.0777 e. The van der Waals surface area contributed by atoms with Crippen LogP contribution in [0, 0.1) is 20.5 Å². The van der Waals surface area contributed by atoms with E-state index < -0.39 is 20.5 Å². The molecule has 0 aliphatic carbocycles. The molecule has 1 aliphatic heterocycles. The SMILES string of the molecule is CC1CC(C)(C)NCCNC(C)(C)CC(C)NCCN1.[Ni].[O-][Cl+3]([O-])([O-])O.[O-][Cl+3]([O-])([O-])O. The van der Waals surface area contributed by atoms with Crippen molar-refractivity contribution in [1.29, 1.82) is 0 Å². The van der Waals surface area contributed by atoms with Crippen LogP contribution in [0.25, 0.3) is 0 Å². The van der Waals surface area contributed by atoms with E-state index in [1.165, 1.54) is 0 Å². The maximum atomic E-state index is 8.60. The van der Waals surface area contributed by atoms with E-state index in [4.69, 9.17) is 37.3 Å². The fraction of sp³-hybridized carbons (Fsp3) is 1.00. The first-order valence-corrected chi connectivity index (χ1v) is 12.0. The Morgan fingerprint density at radius 2 is 0.871 bits per heavy atom. The van der Waals surface area contributed by atoms with E-state index in [2.05, 4.69) is 62.8 Å². The summed E-state index contributed by atoms with van der Waals surface area (Å²) < 4.78 is 65.4. The molecule has 1 heterocycles. The van der Waals surface area contributed by atoms with Gasteiger partial charge in [0.2, 0.25) is 0 Å². The van der Waals surface area contributed by atoms with Crippen LogP contribution in [0.1, 0.15) is 54.4 Å². The first kappa shape index (κ1) is 36.2. The molecule has 12 nitrogen and oxygen atoms in total. The van der Waals surface area contributed by atoms with Crippen LogP contribution >= 0.6 is 0 Å². The largest absolute Gasteiger partial charge is 0.313 e. The quantitative estimate of drug-likeness (QED) is 0.157. The van der Waals surface area contributed by atoms with Gasteiger partial charge in [0.25, 0.3) is 0 Å². The zero-order valence-corrected chi connectivity index (χ0v) is 21.3. The third-order valence-corrected chi connectivity index (χ3v) is 4.08. The Hall–Kier alpha value is 0.594. The van der Waals surface area contributed by atoms with Gasteiger partial charge in [0.05, 0.1) is 29.8 Å².